The van der Waals surface area contributed by atoms with Gasteiger partial charge in [-0.3, -0.25) is 4.79 Å². The molecule has 2 N–H and O–H groups in total. The maximum absolute atomic E-state index is 11.6. The summed E-state index contributed by atoms with van der Waals surface area (Å²) >= 11 is 0. The van der Waals surface area contributed by atoms with Gasteiger partial charge in [-0.2, -0.15) is 0 Å². The Morgan fingerprint density at radius 2 is 1.75 bits per heavy atom. The molecule has 0 bridgehead atoms. The first kappa shape index (κ1) is 15.4. The van der Waals surface area contributed by atoms with Gasteiger partial charge in [-0.15, -0.1) is 0 Å². The van der Waals surface area contributed by atoms with Crippen molar-refractivity contribution in [1.82, 2.24) is 0 Å². The molecule has 0 aliphatic carbocycles. The van der Waals surface area contributed by atoms with Crippen molar-refractivity contribution in [3.63, 3.8) is 0 Å². The van der Waals surface area contributed by atoms with Crippen LogP contribution in [0.25, 0.3) is 0 Å². The summed E-state index contributed by atoms with van der Waals surface area (Å²) in [7, 11) is 0. The van der Waals surface area contributed by atoms with Crippen LogP contribution in [0.2, 0.25) is 0 Å². The minimum absolute atomic E-state index is 0.200. The van der Waals surface area contributed by atoms with Crippen LogP contribution in [0.3, 0.4) is 0 Å². The van der Waals surface area contributed by atoms with Crippen LogP contribution in [0.4, 0.5) is 0 Å². The van der Waals surface area contributed by atoms with Crippen LogP contribution < -0.4 is 5.73 Å². The van der Waals surface area contributed by atoms with E-state index in [0.717, 1.165) is 12.8 Å². The van der Waals surface area contributed by atoms with Gasteiger partial charge in [0.2, 0.25) is 0 Å². The second-order valence-electron chi connectivity index (χ2n) is 5.87. The van der Waals surface area contributed by atoms with Gasteiger partial charge in [-0.05, 0) is 34.1 Å². The van der Waals surface area contributed by atoms with Gasteiger partial charge < -0.3 is 10.5 Å². The van der Waals surface area contributed by atoms with Gasteiger partial charge in [0.1, 0.15) is 5.60 Å². The highest BCUT2D eigenvalue weighted by molar-refractivity contribution is 5.71. The predicted octanol–water partition coefficient (Wildman–Crippen LogP) is 3.02. The largest absolute Gasteiger partial charge is 0.460 e. The minimum atomic E-state index is -0.433. The molecule has 3 heteroatoms. The average molecular weight is 229 g/mol. The zero-order chi connectivity index (χ0) is 12.8. The number of carbonyl (C=O) groups is 1. The summed E-state index contributed by atoms with van der Waals surface area (Å²) in [5.74, 6) is -0.200. The van der Waals surface area contributed by atoms with E-state index in [-0.39, 0.29) is 5.97 Å². The summed E-state index contributed by atoms with van der Waals surface area (Å²) in [5.41, 5.74) is 5.22. The van der Waals surface area contributed by atoms with E-state index < -0.39 is 11.1 Å². The number of rotatable bonds is 6. The molecule has 0 aromatic rings. The monoisotopic (exact) mass is 229 g/mol. The Hall–Kier alpha value is -0.570. The predicted molar refractivity (Wildman–Crippen MR) is 67.2 cm³/mol. The van der Waals surface area contributed by atoms with Gasteiger partial charge >= 0.3 is 5.97 Å². The average Bonchev–Trinajstić information content (AvgIpc) is 1.98. The summed E-state index contributed by atoms with van der Waals surface area (Å²) in [6, 6.07) is 0. The summed E-state index contributed by atoms with van der Waals surface area (Å²) in [5, 5.41) is 0. The quantitative estimate of drug-likeness (QED) is 0.562. The van der Waals surface area contributed by atoms with Crippen molar-refractivity contribution >= 4 is 5.97 Å². The van der Waals surface area contributed by atoms with Crippen LogP contribution in [0, 0.1) is 0 Å². The molecule has 0 aliphatic rings. The molecule has 0 saturated heterocycles. The van der Waals surface area contributed by atoms with Gasteiger partial charge in [0.05, 0.1) is 6.42 Å². The molecule has 0 aromatic heterocycles. The fourth-order valence-corrected chi connectivity index (χ4v) is 1.57. The minimum Gasteiger partial charge on any atom is -0.460 e. The third-order valence-electron chi connectivity index (χ3n) is 2.32. The number of carbonyl (C=O) groups excluding carboxylic acids is 1. The molecule has 16 heavy (non-hydrogen) atoms. The van der Waals surface area contributed by atoms with E-state index in [2.05, 4.69) is 6.92 Å². The van der Waals surface area contributed by atoms with Gasteiger partial charge in [-0.1, -0.05) is 26.2 Å². The lowest BCUT2D eigenvalue weighted by Crippen LogP contribution is -2.40. The van der Waals surface area contributed by atoms with Gasteiger partial charge in [0, 0.05) is 5.54 Å². The molecule has 0 spiro atoms. The molecule has 0 aliphatic heterocycles. The molecular weight excluding hydrogens is 202 g/mol. The Morgan fingerprint density at radius 1 is 1.19 bits per heavy atom. The Bertz CT molecular complexity index is 216. The van der Waals surface area contributed by atoms with Crippen LogP contribution in [-0.4, -0.2) is 17.1 Å². The molecule has 0 saturated carbocycles. The number of nitrogens with two attached hydrogens (primary N) is 1. The SMILES string of the molecule is CCCCCC(C)(N)CC(=O)OC(C)(C)C. The third kappa shape index (κ3) is 8.72. The van der Waals surface area contributed by atoms with Crippen LogP contribution in [0.5, 0.6) is 0 Å². The molecule has 1 atom stereocenters. The maximum Gasteiger partial charge on any atom is 0.308 e. The second kappa shape index (κ2) is 6.24. The van der Waals surface area contributed by atoms with E-state index in [1.807, 2.05) is 27.7 Å². The van der Waals surface area contributed by atoms with Crippen LogP contribution >= 0.6 is 0 Å². The Balaban J connectivity index is 4.00. The normalized spacial score (nSPS) is 15.6. The van der Waals surface area contributed by atoms with Crippen molar-refractivity contribution in [2.45, 2.75) is 77.9 Å². The number of unbranched alkanes of at least 4 members (excludes halogenated alkanes) is 2. The van der Waals surface area contributed by atoms with Crippen molar-refractivity contribution in [1.29, 1.82) is 0 Å². The smallest absolute Gasteiger partial charge is 0.308 e. The summed E-state index contributed by atoms with van der Waals surface area (Å²) in [6.45, 7) is 9.69. The van der Waals surface area contributed by atoms with Gasteiger partial charge in [0.15, 0.2) is 0 Å². The van der Waals surface area contributed by atoms with Crippen molar-refractivity contribution in [2.75, 3.05) is 0 Å². The number of hydrogen-bond donors (Lipinski definition) is 1. The fourth-order valence-electron chi connectivity index (χ4n) is 1.57. The molecule has 0 amide bonds. The van der Waals surface area contributed by atoms with E-state index in [4.69, 9.17) is 10.5 Å². The molecule has 0 heterocycles. The molecule has 0 fully saturated rings. The lowest BCUT2D eigenvalue weighted by Gasteiger charge is -2.26. The highest BCUT2D eigenvalue weighted by atomic mass is 16.6. The molecule has 0 radical (unpaired) electrons. The lowest BCUT2D eigenvalue weighted by atomic mass is 9.92. The third-order valence-corrected chi connectivity index (χ3v) is 2.32. The van der Waals surface area contributed by atoms with E-state index in [9.17, 15) is 4.79 Å². The molecule has 96 valence electrons. The van der Waals surface area contributed by atoms with Crippen LogP contribution in [0.1, 0.15) is 66.7 Å². The molecule has 0 aromatic carbocycles. The molecule has 3 nitrogen and oxygen atoms in total. The zero-order valence-electron chi connectivity index (χ0n) is 11.4. The Kier molecular flexibility index (Phi) is 6.01. The number of esters is 1. The summed E-state index contributed by atoms with van der Waals surface area (Å²) < 4.78 is 5.26. The fraction of sp³-hybridized carbons (Fsp3) is 0.923. The van der Waals surface area contributed by atoms with Crippen LogP contribution in [0.15, 0.2) is 0 Å². The van der Waals surface area contributed by atoms with Crippen molar-refractivity contribution in [3.8, 4) is 0 Å². The summed E-state index contributed by atoms with van der Waals surface area (Å²) in [4.78, 5) is 11.6. The van der Waals surface area contributed by atoms with Gasteiger partial charge in [-0.25, -0.2) is 0 Å². The second-order valence-corrected chi connectivity index (χ2v) is 5.87. The Labute approximate surface area is 99.7 Å². The van der Waals surface area contributed by atoms with Gasteiger partial charge in [0.25, 0.3) is 0 Å². The van der Waals surface area contributed by atoms with Crippen molar-refractivity contribution < 1.29 is 9.53 Å². The zero-order valence-corrected chi connectivity index (χ0v) is 11.4. The standard InChI is InChI=1S/C13H27NO2/c1-6-7-8-9-13(5,14)10-11(15)16-12(2,3)4/h6-10,14H2,1-5H3. The maximum atomic E-state index is 11.6. The first-order valence-electron chi connectivity index (χ1n) is 6.17. The van der Waals surface area contributed by atoms with E-state index in [1.165, 1.54) is 12.8 Å². The summed E-state index contributed by atoms with van der Waals surface area (Å²) in [6.07, 6.45) is 4.59. The first-order valence-corrected chi connectivity index (χ1v) is 6.17. The number of ether oxygens (including phenoxy) is 1. The molecular formula is C13H27NO2. The van der Waals surface area contributed by atoms with Crippen molar-refractivity contribution in [3.05, 3.63) is 0 Å². The molecule has 1 unspecified atom stereocenters. The first-order chi connectivity index (χ1) is 7.16. The van der Waals surface area contributed by atoms with Crippen LogP contribution in [-0.2, 0) is 9.53 Å². The van der Waals surface area contributed by atoms with Crippen molar-refractivity contribution in [2.24, 2.45) is 5.73 Å². The topological polar surface area (TPSA) is 52.3 Å². The lowest BCUT2D eigenvalue weighted by molar-refractivity contribution is -0.156. The van der Waals surface area contributed by atoms with E-state index in [1.54, 1.807) is 0 Å². The van der Waals surface area contributed by atoms with E-state index >= 15 is 0 Å². The Morgan fingerprint density at radius 3 is 2.19 bits per heavy atom. The molecule has 0 rings (SSSR count). The van der Waals surface area contributed by atoms with E-state index in [0.29, 0.717) is 6.42 Å². The highest BCUT2D eigenvalue weighted by Crippen LogP contribution is 2.18. The number of hydrogen-bond acceptors (Lipinski definition) is 3. The highest BCUT2D eigenvalue weighted by Gasteiger charge is 2.25.